The Labute approximate surface area is 342 Å². The third-order valence-electron chi connectivity index (χ3n) is 11.6. The van der Waals surface area contributed by atoms with E-state index in [9.17, 15) is 33.9 Å². The zero-order valence-electron chi connectivity index (χ0n) is 35.1. The van der Waals surface area contributed by atoms with E-state index in [-0.39, 0.29) is 94.4 Å². The molecule has 1 aromatic carbocycles. The molecule has 316 valence electrons. The van der Waals surface area contributed by atoms with E-state index < -0.39 is 46.2 Å². The molecule has 3 aromatic rings. The van der Waals surface area contributed by atoms with Crippen molar-refractivity contribution in [2.45, 2.75) is 111 Å². The number of hydrogen-bond donors (Lipinski definition) is 1. The van der Waals surface area contributed by atoms with E-state index in [2.05, 4.69) is 0 Å². The van der Waals surface area contributed by atoms with Gasteiger partial charge in [0.2, 0.25) is 0 Å². The van der Waals surface area contributed by atoms with Crippen LogP contribution in [-0.4, -0.2) is 110 Å². The Morgan fingerprint density at radius 3 is 2.00 bits per heavy atom. The summed E-state index contributed by atoms with van der Waals surface area (Å²) in [7, 11) is 0. The fourth-order valence-electron chi connectivity index (χ4n) is 8.38. The van der Waals surface area contributed by atoms with E-state index in [0.29, 0.717) is 29.1 Å². The van der Waals surface area contributed by atoms with Crippen molar-refractivity contribution in [3.8, 4) is 17.1 Å². The number of carbonyl (C=O) groups excluding carboxylic acids is 5. The number of cyclic esters (lactones) is 1. The lowest BCUT2D eigenvalue weighted by Crippen LogP contribution is -2.58. The van der Waals surface area contributed by atoms with Gasteiger partial charge in [-0.1, -0.05) is 13.8 Å². The van der Waals surface area contributed by atoms with Gasteiger partial charge in [-0.3, -0.25) is 14.4 Å². The number of esters is 3. The Hall–Kier alpha value is -5.51. The molecule has 6 heterocycles. The minimum atomic E-state index is -1.92. The number of hydrogen-bond acceptors (Lipinski definition) is 12. The Kier molecular flexibility index (Phi) is 10.5. The monoisotopic (exact) mass is 815 g/mol. The lowest BCUT2D eigenvalue weighted by atomic mass is 9.78. The first-order chi connectivity index (χ1) is 27.7. The maximum Gasteiger partial charge on any atom is 0.415 e. The Bertz CT molecular complexity index is 2280. The van der Waals surface area contributed by atoms with Gasteiger partial charge in [-0.15, -0.1) is 0 Å². The van der Waals surface area contributed by atoms with Crippen LogP contribution in [0.15, 0.2) is 29.1 Å². The molecule has 0 bridgehead atoms. The van der Waals surface area contributed by atoms with Gasteiger partial charge in [-0.25, -0.2) is 19.4 Å². The van der Waals surface area contributed by atoms with Crippen molar-refractivity contribution in [3.63, 3.8) is 0 Å². The third kappa shape index (κ3) is 7.51. The van der Waals surface area contributed by atoms with Crippen LogP contribution in [0.25, 0.3) is 22.3 Å². The first-order valence-electron chi connectivity index (χ1n) is 20.3. The molecule has 3 amide bonds. The lowest BCUT2D eigenvalue weighted by Gasteiger charge is -2.43. The molecule has 16 heteroatoms. The highest BCUT2D eigenvalue weighted by Crippen LogP contribution is 2.41. The Morgan fingerprint density at radius 2 is 1.42 bits per heavy atom. The zero-order chi connectivity index (χ0) is 42.8. The molecule has 1 atom stereocenters. The number of fused-ring (bicyclic) bond motifs is 5. The van der Waals surface area contributed by atoms with Crippen molar-refractivity contribution in [1.29, 1.82) is 0 Å². The second-order valence-corrected chi connectivity index (χ2v) is 17.8. The Balaban J connectivity index is 1.01. The van der Waals surface area contributed by atoms with Crippen LogP contribution >= 0.6 is 0 Å². The number of piperazine rings is 1. The van der Waals surface area contributed by atoms with Gasteiger partial charge < -0.3 is 43.3 Å². The maximum atomic E-state index is 13.7. The van der Waals surface area contributed by atoms with Crippen LogP contribution in [0.4, 0.5) is 9.59 Å². The summed E-state index contributed by atoms with van der Waals surface area (Å²) in [5.74, 6) is -1.77. The van der Waals surface area contributed by atoms with Crippen molar-refractivity contribution in [2.75, 3.05) is 39.3 Å². The van der Waals surface area contributed by atoms with Crippen LogP contribution < -0.4 is 10.3 Å². The molecule has 1 N–H and O–H groups in total. The normalized spacial score (nSPS) is 20.0. The second-order valence-electron chi connectivity index (χ2n) is 17.8. The average Bonchev–Trinajstić information content (AvgIpc) is 3.55. The summed E-state index contributed by atoms with van der Waals surface area (Å²) in [6.45, 7) is 15.4. The van der Waals surface area contributed by atoms with Crippen LogP contribution in [0.2, 0.25) is 0 Å². The van der Waals surface area contributed by atoms with Crippen LogP contribution in [0.5, 0.6) is 5.75 Å². The van der Waals surface area contributed by atoms with Gasteiger partial charge in [-0.2, -0.15) is 0 Å². The molecule has 7 rings (SSSR count). The van der Waals surface area contributed by atoms with E-state index >= 15 is 0 Å². The number of benzene rings is 1. The largest absolute Gasteiger partial charge is 0.459 e. The molecule has 59 heavy (non-hydrogen) atoms. The molecule has 0 aliphatic carbocycles. The second kappa shape index (κ2) is 14.9. The molecule has 4 aliphatic heterocycles. The predicted octanol–water partition coefficient (Wildman–Crippen LogP) is 4.64. The molecule has 0 saturated carbocycles. The van der Waals surface area contributed by atoms with Crippen LogP contribution in [-0.2, 0) is 53.8 Å². The molecule has 2 aromatic heterocycles. The maximum absolute atomic E-state index is 13.7. The number of aliphatic hydroxyl groups is 1. The minimum absolute atomic E-state index is 0.0474. The molecular formula is C43H53N5O11. The van der Waals surface area contributed by atoms with Gasteiger partial charge in [0.05, 0.1) is 29.0 Å². The molecular weight excluding hydrogens is 762 g/mol. The van der Waals surface area contributed by atoms with Crippen molar-refractivity contribution < 1.29 is 48.0 Å². The fraction of sp³-hybridized carbons (Fsp3) is 0.558. The number of aromatic nitrogens is 2. The first kappa shape index (κ1) is 41.6. The predicted molar refractivity (Wildman–Crippen MR) is 213 cm³/mol. The van der Waals surface area contributed by atoms with E-state index in [0.717, 1.165) is 16.5 Å². The number of pyridine rings is 2. The summed E-state index contributed by atoms with van der Waals surface area (Å²) in [6.07, 6.45) is 0.203. The van der Waals surface area contributed by atoms with Gasteiger partial charge in [0.25, 0.3) is 5.56 Å². The van der Waals surface area contributed by atoms with Crippen molar-refractivity contribution in [1.82, 2.24) is 24.3 Å². The van der Waals surface area contributed by atoms with Crippen molar-refractivity contribution in [2.24, 2.45) is 5.41 Å². The quantitative estimate of drug-likeness (QED) is 0.167. The van der Waals surface area contributed by atoms with Gasteiger partial charge in [0, 0.05) is 55.8 Å². The zero-order valence-corrected chi connectivity index (χ0v) is 35.1. The van der Waals surface area contributed by atoms with E-state index in [4.69, 9.17) is 23.9 Å². The van der Waals surface area contributed by atoms with E-state index in [1.54, 1.807) is 92.0 Å². The fourth-order valence-corrected chi connectivity index (χ4v) is 8.38. The smallest absolute Gasteiger partial charge is 0.415 e. The van der Waals surface area contributed by atoms with Gasteiger partial charge >= 0.3 is 30.0 Å². The number of aryl methyl sites for hydroxylation is 1. The number of ether oxygens (including phenoxy) is 4. The first-order valence-corrected chi connectivity index (χ1v) is 20.3. The number of urea groups is 1. The summed E-state index contributed by atoms with van der Waals surface area (Å²) in [4.78, 5) is 89.9. The molecule has 0 radical (unpaired) electrons. The van der Waals surface area contributed by atoms with Gasteiger partial charge in [-0.05, 0) is 97.1 Å². The number of rotatable bonds is 5. The Morgan fingerprint density at radius 1 is 0.831 bits per heavy atom. The molecule has 16 nitrogen and oxygen atoms in total. The highest BCUT2D eigenvalue weighted by Gasteiger charge is 2.53. The summed E-state index contributed by atoms with van der Waals surface area (Å²) >= 11 is 0. The average molecular weight is 816 g/mol. The summed E-state index contributed by atoms with van der Waals surface area (Å²) in [6, 6.07) is 6.62. The number of amides is 3. The van der Waals surface area contributed by atoms with Crippen molar-refractivity contribution in [3.05, 3.63) is 56.9 Å². The van der Waals surface area contributed by atoms with E-state index in [1.165, 1.54) is 0 Å². The molecule has 4 aliphatic rings. The lowest BCUT2D eigenvalue weighted by molar-refractivity contribution is -0.188. The van der Waals surface area contributed by atoms with Crippen molar-refractivity contribution >= 4 is 40.9 Å². The molecule has 0 spiro atoms. The number of likely N-dealkylation sites (tertiary alicyclic amines) is 1. The van der Waals surface area contributed by atoms with Crippen LogP contribution in [0, 0.1) is 5.41 Å². The standard InChI is InChI=1S/C43H53N5O11/c1-9-26-27-21-25(11-12-31(27)44-33-28(26)23-48-32(33)22-30-29(34(48)49)24-56-37(52)43(30,55)10-2)57-39(54)47-19-17-46(18-20-47)38(53)45-15-13-42(14-16-45,35(50)58-40(3,4)5)36(51)59-41(6,7)8/h11-12,21-22,55H,9-10,13-20,23-24H2,1-8H3/t43-/m0/s1. The molecule has 2 fully saturated rings. The van der Waals surface area contributed by atoms with Gasteiger partial charge in [0.15, 0.2) is 11.0 Å². The minimum Gasteiger partial charge on any atom is -0.459 e. The highest BCUT2D eigenvalue weighted by molar-refractivity contribution is 6.00. The van der Waals surface area contributed by atoms with E-state index in [1.807, 2.05) is 6.92 Å². The molecule has 2 saturated heterocycles. The summed E-state index contributed by atoms with van der Waals surface area (Å²) < 4.78 is 24.0. The number of piperidine rings is 1. The molecule has 0 unspecified atom stereocenters. The van der Waals surface area contributed by atoms with Crippen LogP contribution in [0.3, 0.4) is 0 Å². The number of nitrogens with zero attached hydrogens (tertiary/aromatic N) is 5. The number of carbonyl (C=O) groups is 5. The third-order valence-corrected chi connectivity index (χ3v) is 11.6. The summed E-state index contributed by atoms with van der Waals surface area (Å²) in [5, 5.41) is 12.0. The highest BCUT2D eigenvalue weighted by atomic mass is 16.6. The summed E-state index contributed by atoms with van der Waals surface area (Å²) in [5.41, 5.74) is -1.40. The van der Waals surface area contributed by atoms with Crippen LogP contribution in [0.1, 0.15) is 96.9 Å². The topological polar surface area (TPSA) is 187 Å². The SMILES string of the molecule is CCc1c2c(nc3ccc(OC(=O)N4CCN(C(=O)N5CCC(C(=O)OC(C)(C)C)(C(=O)OC(C)(C)C)CC5)CC4)cc13)-c1cc3c(c(=O)n1C2)COC(=O)[C@]3(O)CC. The van der Waals surface area contributed by atoms with Gasteiger partial charge in [0.1, 0.15) is 23.6 Å².